The first-order valence-electron chi connectivity index (χ1n) is 8.84. The predicted molar refractivity (Wildman–Crippen MR) is 105 cm³/mol. The molecule has 0 radical (unpaired) electrons. The van der Waals surface area contributed by atoms with Gasteiger partial charge < -0.3 is 26.1 Å². The molecule has 4 rings (SSSR count). The number of anilines is 2. The predicted octanol–water partition coefficient (Wildman–Crippen LogP) is 2.54. The van der Waals surface area contributed by atoms with Crippen molar-refractivity contribution in [3.05, 3.63) is 66.0 Å². The van der Waals surface area contributed by atoms with E-state index < -0.39 is 17.7 Å². The van der Waals surface area contributed by atoms with E-state index in [4.69, 9.17) is 16.3 Å². The Balaban J connectivity index is 1.85. The first kappa shape index (κ1) is 18.8. The fourth-order valence-electron chi connectivity index (χ4n) is 3.54. The second kappa shape index (κ2) is 7.10. The molecule has 9 heteroatoms. The van der Waals surface area contributed by atoms with E-state index in [0.717, 1.165) is 17.7 Å². The van der Waals surface area contributed by atoms with Crippen molar-refractivity contribution in [3.8, 4) is 11.5 Å². The summed E-state index contributed by atoms with van der Waals surface area (Å²) in [6.45, 7) is 0. The monoisotopic (exact) mass is 399 g/mol. The summed E-state index contributed by atoms with van der Waals surface area (Å²) in [5.74, 6) is 3.56. The number of benzene rings is 2. The summed E-state index contributed by atoms with van der Waals surface area (Å²) in [7, 11) is 1.65. The molecule has 2 atom stereocenters. The van der Waals surface area contributed by atoms with Gasteiger partial charge in [0.25, 0.3) is 0 Å². The highest BCUT2D eigenvalue weighted by molar-refractivity contribution is 5.94. The Hall–Kier alpha value is -3.59. The van der Waals surface area contributed by atoms with Gasteiger partial charge in [0.05, 0.1) is 5.69 Å². The van der Waals surface area contributed by atoms with Gasteiger partial charge in [-0.15, -0.1) is 0 Å². The van der Waals surface area contributed by atoms with E-state index in [2.05, 4.69) is 10.7 Å². The van der Waals surface area contributed by atoms with Crippen LogP contribution in [-0.2, 0) is 4.79 Å². The van der Waals surface area contributed by atoms with Crippen molar-refractivity contribution >= 4 is 22.9 Å². The summed E-state index contributed by atoms with van der Waals surface area (Å²) in [6, 6.07) is 5.93. The molecule has 1 amide bonds. The average Bonchev–Trinajstić information content (AvgIpc) is 3.18. The number of nitrogen functional groups attached to an aromatic ring is 2. The molecular formula is C20H19F2N5O2. The van der Waals surface area contributed by atoms with Crippen LogP contribution in [0.4, 0.5) is 20.2 Å². The molecule has 0 bridgehead atoms. The Morgan fingerprint density at radius 2 is 2.03 bits per heavy atom. The normalized spacial score (nSPS) is 20.2. The quantitative estimate of drug-likeness (QED) is 0.358. The van der Waals surface area contributed by atoms with Crippen LogP contribution in [0.2, 0.25) is 0 Å². The lowest BCUT2D eigenvalue weighted by Crippen LogP contribution is -2.46. The Bertz CT molecular complexity index is 1050. The van der Waals surface area contributed by atoms with Gasteiger partial charge in [0.2, 0.25) is 5.91 Å². The van der Waals surface area contributed by atoms with Gasteiger partial charge in [0.1, 0.15) is 17.5 Å². The third kappa shape index (κ3) is 3.15. The van der Waals surface area contributed by atoms with E-state index in [9.17, 15) is 13.6 Å². The van der Waals surface area contributed by atoms with Crippen LogP contribution in [0, 0.1) is 17.6 Å². The van der Waals surface area contributed by atoms with Crippen molar-refractivity contribution in [2.75, 3.05) is 18.2 Å². The van der Waals surface area contributed by atoms with Crippen LogP contribution in [0.3, 0.4) is 0 Å². The van der Waals surface area contributed by atoms with Crippen LogP contribution in [-0.4, -0.2) is 23.9 Å². The molecule has 2 aromatic carbocycles. The molecule has 2 aliphatic rings. The molecule has 2 aliphatic heterocycles. The molecule has 7 nitrogen and oxygen atoms in total. The SMILES string of the molecule is CN1C=C(c2ccc(NN)c(N)c2Oc2ccc(F)cc2F)C2C=CNC2C1=O. The Morgan fingerprint density at radius 3 is 2.76 bits per heavy atom. The van der Waals surface area contributed by atoms with Gasteiger partial charge in [0.15, 0.2) is 17.3 Å². The summed E-state index contributed by atoms with van der Waals surface area (Å²) in [5, 5.41) is 3.04. The largest absolute Gasteiger partial charge is 0.451 e. The Morgan fingerprint density at radius 1 is 1.24 bits per heavy atom. The van der Waals surface area contributed by atoms with Crippen LogP contribution >= 0.6 is 0 Å². The van der Waals surface area contributed by atoms with E-state index in [1.165, 1.54) is 11.0 Å². The lowest BCUT2D eigenvalue weighted by Gasteiger charge is -2.32. The topological polar surface area (TPSA) is 106 Å². The maximum atomic E-state index is 14.2. The Kier molecular flexibility index (Phi) is 4.59. The lowest BCUT2D eigenvalue weighted by atomic mass is 9.85. The van der Waals surface area contributed by atoms with E-state index in [0.29, 0.717) is 11.3 Å². The second-order valence-electron chi connectivity index (χ2n) is 6.79. The number of hydrazine groups is 1. The minimum absolute atomic E-state index is 0.0796. The molecule has 0 aliphatic carbocycles. The fraction of sp³-hybridized carbons (Fsp3) is 0.150. The smallest absolute Gasteiger partial charge is 0.249 e. The number of nitrogens with two attached hydrogens (primary N) is 2. The number of nitrogens with zero attached hydrogens (tertiary/aromatic N) is 1. The van der Waals surface area contributed by atoms with Gasteiger partial charge in [-0.2, -0.15) is 0 Å². The molecule has 2 aromatic rings. The van der Waals surface area contributed by atoms with Crippen LogP contribution in [0.1, 0.15) is 5.56 Å². The second-order valence-corrected chi connectivity index (χ2v) is 6.79. The molecule has 0 saturated heterocycles. The zero-order chi connectivity index (χ0) is 20.7. The van der Waals surface area contributed by atoms with Gasteiger partial charge in [-0.3, -0.25) is 10.6 Å². The fourth-order valence-corrected chi connectivity index (χ4v) is 3.54. The van der Waals surface area contributed by atoms with E-state index in [1.807, 2.05) is 6.08 Å². The number of nitrogens with one attached hydrogen (secondary N) is 2. The van der Waals surface area contributed by atoms with Crippen molar-refractivity contribution in [1.82, 2.24) is 10.2 Å². The van der Waals surface area contributed by atoms with Crippen molar-refractivity contribution in [1.29, 1.82) is 0 Å². The van der Waals surface area contributed by atoms with Gasteiger partial charge >= 0.3 is 0 Å². The number of fused-ring (bicyclic) bond motifs is 1. The van der Waals surface area contributed by atoms with Crippen molar-refractivity contribution < 1.29 is 18.3 Å². The number of amides is 1. The van der Waals surface area contributed by atoms with Crippen LogP contribution in [0.25, 0.3) is 5.57 Å². The summed E-state index contributed by atoms with van der Waals surface area (Å²) in [5.41, 5.74) is 10.5. The highest BCUT2D eigenvalue weighted by Crippen LogP contribution is 2.45. The zero-order valence-corrected chi connectivity index (χ0v) is 15.4. The summed E-state index contributed by atoms with van der Waals surface area (Å²) in [6.07, 6.45) is 5.29. The van der Waals surface area contributed by atoms with E-state index in [1.54, 1.807) is 31.6 Å². The number of carbonyl (C=O) groups is 1. The van der Waals surface area contributed by atoms with Crippen molar-refractivity contribution in [3.63, 3.8) is 0 Å². The average molecular weight is 399 g/mol. The maximum absolute atomic E-state index is 14.2. The number of hydrogen-bond acceptors (Lipinski definition) is 6. The lowest BCUT2D eigenvalue weighted by molar-refractivity contribution is -0.130. The molecule has 2 unspecified atom stereocenters. The van der Waals surface area contributed by atoms with Gasteiger partial charge in [0, 0.05) is 30.8 Å². The molecule has 0 aromatic heterocycles. The molecular weight excluding hydrogens is 380 g/mol. The van der Waals surface area contributed by atoms with Gasteiger partial charge in [-0.05, 0) is 36.0 Å². The van der Waals surface area contributed by atoms with E-state index in [-0.39, 0.29) is 29.0 Å². The highest BCUT2D eigenvalue weighted by Gasteiger charge is 2.39. The summed E-state index contributed by atoms with van der Waals surface area (Å²) >= 11 is 0. The number of hydrogen-bond donors (Lipinski definition) is 4. The number of rotatable bonds is 4. The first-order chi connectivity index (χ1) is 13.9. The minimum atomic E-state index is -0.869. The number of likely N-dealkylation sites (N-methyl/N-ethyl adjacent to an activating group) is 1. The molecule has 2 heterocycles. The number of ether oxygens (including phenoxy) is 1. The summed E-state index contributed by atoms with van der Waals surface area (Å²) < 4.78 is 33.3. The van der Waals surface area contributed by atoms with Crippen molar-refractivity contribution in [2.24, 2.45) is 11.8 Å². The first-order valence-corrected chi connectivity index (χ1v) is 8.84. The number of halogens is 2. The molecule has 0 saturated carbocycles. The third-order valence-corrected chi connectivity index (χ3v) is 5.01. The molecule has 0 fully saturated rings. The molecule has 150 valence electrons. The van der Waals surface area contributed by atoms with E-state index >= 15 is 0 Å². The van der Waals surface area contributed by atoms with Crippen molar-refractivity contribution in [2.45, 2.75) is 6.04 Å². The Labute approximate surface area is 165 Å². The van der Waals surface area contributed by atoms with Crippen LogP contribution in [0.15, 0.2) is 48.8 Å². The third-order valence-electron chi connectivity index (χ3n) is 5.01. The highest BCUT2D eigenvalue weighted by atomic mass is 19.1. The molecule has 6 N–H and O–H groups in total. The zero-order valence-electron chi connectivity index (χ0n) is 15.4. The standard InChI is InChI=1S/C20H19F2N5O2/c1-27-9-13(11-6-7-25-18(11)20(27)28)12-3-4-15(26-24)17(23)19(12)29-16-5-2-10(21)8-14(16)22/h2-9,11,18,25-26H,23-24H2,1H3. The minimum Gasteiger partial charge on any atom is -0.451 e. The molecule has 29 heavy (non-hydrogen) atoms. The van der Waals surface area contributed by atoms with Crippen LogP contribution < -0.4 is 27.1 Å². The van der Waals surface area contributed by atoms with Crippen LogP contribution in [0.5, 0.6) is 11.5 Å². The van der Waals surface area contributed by atoms with Gasteiger partial charge in [-0.1, -0.05) is 6.08 Å². The number of carbonyl (C=O) groups excluding carboxylic acids is 1. The molecule has 0 spiro atoms. The van der Waals surface area contributed by atoms with Gasteiger partial charge in [-0.25, -0.2) is 8.78 Å². The summed E-state index contributed by atoms with van der Waals surface area (Å²) in [4.78, 5) is 13.9. The maximum Gasteiger partial charge on any atom is 0.249 e.